The van der Waals surface area contributed by atoms with E-state index in [0.717, 1.165) is 5.82 Å². The maximum absolute atomic E-state index is 4.00. The van der Waals surface area contributed by atoms with Crippen LogP contribution < -0.4 is 0 Å². The molecule has 1 aliphatic carbocycles. The van der Waals surface area contributed by atoms with Gasteiger partial charge in [-0.2, -0.15) is 0 Å². The van der Waals surface area contributed by atoms with Crippen LogP contribution in [-0.2, 0) is 0 Å². The molecule has 12 heavy (non-hydrogen) atoms. The van der Waals surface area contributed by atoms with E-state index in [4.69, 9.17) is 0 Å². The molecule has 0 atom stereocenters. The van der Waals surface area contributed by atoms with Gasteiger partial charge in [-0.15, -0.1) is 5.10 Å². The second kappa shape index (κ2) is 3.21. The van der Waals surface area contributed by atoms with Crippen molar-refractivity contribution in [2.45, 2.75) is 45.1 Å². The maximum atomic E-state index is 4.00. The highest BCUT2D eigenvalue weighted by atomic mass is 15.5. The third-order valence-electron chi connectivity index (χ3n) is 2.58. The number of tetrazole rings is 1. The van der Waals surface area contributed by atoms with E-state index in [1.165, 1.54) is 32.1 Å². The Morgan fingerprint density at radius 3 is 2.58 bits per heavy atom. The van der Waals surface area contributed by atoms with E-state index in [9.17, 15) is 0 Å². The summed E-state index contributed by atoms with van der Waals surface area (Å²) in [6.45, 7) is 1.97. The van der Waals surface area contributed by atoms with Crippen LogP contribution in [0.3, 0.4) is 0 Å². The maximum Gasteiger partial charge on any atom is 0.148 e. The third kappa shape index (κ3) is 1.33. The first-order valence-corrected chi connectivity index (χ1v) is 4.62. The van der Waals surface area contributed by atoms with Crippen LogP contribution in [0.5, 0.6) is 0 Å². The molecule has 1 fully saturated rings. The van der Waals surface area contributed by atoms with Gasteiger partial charge in [-0.05, 0) is 30.2 Å². The molecule has 1 heterocycles. The average molecular weight is 166 g/mol. The molecule has 1 saturated carbocycles. The lowest BCUT2D eigenvalue weighted by molar-refractivity contribution is 0.319. The van der Waals surface area contributed by atoms with Crippen molar-refractivity contribution in [3.8, 4) is 0 Å². The molecule has 0 spiro atoms. The van der Waals surface area contributed by atoms with Gasteiger partial charge in [0.15, 0.2) is 0 Å². The van der Waals surface area contributed by atoms with Crippen molar-refractivity contribution in [2.24, 2.45) is 0 Å². The van der Waals surface area contributed by atoms with Gasteiger partial charge in [-0.3, -0.25) is 0 Å². The van der Waals surface area contributed by atoms with Gasteiger partial charge >= 0.3 is 0 Å². The molecule has 4 nitrogen and oxygen atoms in total. The topological polar surface area (TPSA) is 43.6 Å². The summed E-state index contributed by atoms with van der Waals surface area (Å²) in [4.78, 5) is 0. The first-order chi connectivity index (χ1) is 5.88. The summed E-state index contributed by atoms with van der Waals surface area (Å²) in [6.07, 6.45) is 6.50. The Bertz CT molecular complexity index is 249. The van der Waals surface area contributed by atoms with Crippen LogP contribution >= 0.6 is 0 Å². The summed E-state index contributed by atoms with van der Waals surface area (Å²) in [7, 11) is 0. The molecule has 0 aliphatic heterocycles. The van der Waals surface area contributed by atoms with Crippen molar-refractivity contribution in [2.75, 3.05) is 0 Å². The highest BCUT2D eigenvalue weighted by molar-refractivity contribution is 4.80. The molecule has 2 rings (SSSR count). The van der Waals surface area contributed by atoms with E-state index in [2.05, 4.69) is 15.5 Å². The van der Waals surface area contributed by atoms with E-state index >= 15 is 0 Å². The number of nitrogens with zero attached hydrogens (tertiary/aromatic N) is 4. The molecule has 0 N–H and O–H groups in total. The molecule has 0 saturated heterocycles. The van der Waals surface area contributed by atoms with E-state index in [1.807, 2.05) is 11.6 Å². The number of hydrogen-bond donors (Lipinski definition) is 0. The standard InChI is InChI=1S/C8H14N4/c1-7-9-10-11-12(7)8-5-3-2-4-6-8/h8H,2-6H2,1H3. The van der Waals surface area contributed by atoms with Crippen LogP contribution in [0.25, 0.3) is 0 Å². The Morgan fingerprint density at radius 1 is 1.25 bits per heavy atom. The van der Waals surface area contributed by atoms with E-state index in [1.54, 1.807) is 0 Å². The normalized spacial score (nSPS) is 19.8. The largest absolute Gasteiger partial charge is 0.227 e. The fourth-order valence-corrected chi connectivity index (χ4v) is 1.90. The number of aromatic nitrogens is 4. The van der Waals surface area contributed by atoms with Gasteiger partial charge in [0.2, 0.25) is 0 Å². The fraction of sp³-hybridized carbons (Fsp3) is 0.875. The molecular formula is C8H14N4. The minimum atomic E-state index is 0.564. The van der Waals surface area contributed by atoms with Gasteiger partial charge in [0, 0.05) is 0 Å². The van der Waals surface area contributed by atoms with Crippen LogP contribution in [0.1, 0.15) is 44.0 Å². The first kappa shape index (κ1) is 7.71. The lowest BCUT2D eigenvalue weighted by Gasteiger charge is -2.21. The van der Waals surface area contributed by atoms with E-state index < -0.39 is 0 Å². The van der Waals surface area contributed by atoms with Crippen LogP contribution in [0, 0.1) is 6.92 Å². The zero-order chi connectivity index (χ0) is 8.39. The predicted molar refractivity (Wildman–Crippen MR) is 44.7 cm³/mol. The quantitative estimate of drug-likeness (QED) is 0.634. The molecule has 66 valence electrons. The number of rotatable bonds is 1. The smallest absolute Gasteiger partial charge is 0.148 e. The lowest BCUT2D eigenvalue weighted by atomic mass is 9.96. The first-order valence-electron chi connectivity index (χ1n) is 4.62. The molecule has 0 amide bonds. The molecule has 0 unspecified atom stereocenters. The highest BCUT2D eigenvalue weighted by Gasteiger charge is 2.17. The summed E-state index contributed by atoms with van der Waals surface area (Å²) in [5.41, 5.74) is 0. The van der Waals surface area contributed by atoms with Crippen molar-refractivity contribution >= 4 is 0 Å². The molecule has 1 aliphatic rings. The Hall–Kier alpha value is -0.930. The minimum Gasteiger partial charge on any atom is -0.227 e. The minimum absolute atomic E-state index is 0.564. The molecule has 1 aromatic rings. The zero-order valence-electron chi connectivity index (χ0n) is 7.40. The third-order valence-corrected chi connectivity index (χ3v) is 2.58. The molecule has 0 bridgehead atoms. The van der Waals surface area contributed by atoms with Gasteiger partial charge in [0.1, 0.15) is 5.82 Å². The summed E-state index contributed by atoms with van der Waals surface area (Å²) in [5.74, 6) is 0.946. The van der Waals surface area contributed by atoms with Crippen molar-refractivity contribution < 1.29 is 0 Å². The van der Waals surface area contributed by atoms with Crippen LogP contribution in [-0.4, -0.2) is 20.2 Å². The molecular weight excluding hydrogens is 152 g/mol. The number of hydrogen-bond acceptors (Lipinski definition) is 3. The second-order valence-corrected chi connectivity index (χ2v) is 3.46. The van der Waals surface area contributed by atoms with Gasteiger partial charge in [0.05, 0.1) is 6.04 Å². The summed E-state index contributed by atoms with van der Waals surface area (Å²) >= 11 is 0. The second-order valence-electron chi connectivity index (χ2n) is 3.46. The number of aryl methyl sites for hydroxylation is 1. The molecule has 0 radical (unpaired) electrons. The van der Waals surface area contributed by atoms with E-state index in [0.29, 0.717) is 6.04 Å². The fourth-order valence-electron chi connectivity index (χ4n) is 1.90. The van der Waals surface area contributed by atoms with Crippen molar-refractivity contribution in [3.05, 3.63) is 5.82 Å². The van der Waals surface area contributed by atoms with E-state index in [-0.39, 0.29) is 0 Å². The summed E-state index contributed by atoms with van der Waals surface area (Å²) in [6, 6.07) is 0.564. The summed E-state index contributed by atoms with van der Waals surface area (Å²) in [5, 5.41) is 11.5. The Labute approximate surface area is 72.0 Å². The lowest BCUT2D eigenvalue weighted by Crippen LogP contribution is -2.15. The van der Waals surface area contributed by atoms with Crippen molar-refractivity contribution in [3.63, 3.8) is 0 Å². The van der Waals surface area contributed by atoms with Crippen LogP contribution in [0.15, 0.2) is 0 Å². The molecule has 4 heteroatoms. The SMILES string of the molecule is Cc1nnnn1C1CCCCC1. The average Bonchev–Trinajstić information content (AvgIpc) is 2.53. The van der Waals surface area contributed by atoms with Crippen LogP contribution in [0.2, 0.25) is 0 Å². The molecule has 1 aromatic heterocycles. The van der Waals surface area contributed by atoms with Crippen LogP contribution in [0.4, 0.5) is 0 Å². The predicted octanol–water partition coefficient (Wildman–Crippen LogP) is 1.49. The van der Waals surface area contributed by atoms with Gasteiger partial charge in [-0.1, -0.05) is 19.3 Å². The molecule has 0 aromatic carbocycles. The monoisotopic (exact) mass is 166 g/mol. The van der Waals surface area contributed by atoms with Gasteiger partial charge in [-0.25, -0.2) is 4.68 Å². The summed E-state index contributed by atoms with van der Waals surface area (Å²) < 4.78 is 1.97. The van der Waals surface area contributed by atoms with Gasteiger partial charge in [0.25, 0.3) is 0 Å². The Balaban J connectivity index is 2.13. The Morgan fingerprint density at radius 2 is 2.00 bits per heavy atom. The zero-order valence-corrected chi connectivity index (χ0v) is 7.40. The highest BCUT2D eigenvalue weighted by Crippen LogP contribution is 2.27. The van der Waals surface area contributed by atoms with Crippen molar-refractivity contribution in [1.82, 2.24) is 20.2 Å². The van der Waals surface area contributed by atoms with Crippen molar-refractivity contribution in [1.29, 1.82) is 0 Å². The van der Waals surface area contributed by atoms with Gasteiger partial charge < -0.3 is 0 Å². The Kier molecular flexibility index (Phi) is 2.06.